The second kappa shape index (κ2) is 41.2. The van der Waals surface area contributed by atoms with Crippen LogP contribution < -0.4 is 84.2 Å². The number of aromatic nitrogens is 12. The highest BCUT2D eigenvalue weighted by Crippen LogP contribution is 2.37. The van der Waals surface area contributed by atoms with Gasteiger partial charge in [0.1, 0.15) is 71.1 Å². The summed E-state index contributed by atoms with van der Waals surface area (Å²) in [6.45, 7) is 31.9. The first kappa shape index (κ1) is 91.2. The Balaban J connectivity index is 0.000000132. The molecule has 0 radical (unpaired) electrons. The molecule has 0 spiro atoms. The average molecular weight is 1980 g/mol. The number of benzene rings is 8. The van der Waals surface area contributed by atoms with Gasteiger partial charge in [-0.05, 0) is 201 Å². The first-order valence-electron chi connectivity index (χ1n) is 46.8. The van der Waals surface area contributed by atoms with Crippen molar-refractivity contribution in [1.82, 2.24) is 89.2 Å². The van der Waals surface area contributed by atoms with Crippen LogP contribution in [0.15, 0.2) is 224 Å². The molecule has 140 heavy (non-hydrogen) atoms. The summed E-state index contributed by atoms with van der Waals surface area (Å²) in [5.41, 5.74) is 3.15. The number of nitrogens with zero attached hydrogens (tertiary/aromatic N) is 12. The molecule has 6 aliphatic rings. The third kappa shape index (κ3) is 20.1. The molecule has 6 aliphatic heterocycles. The van der Waals surface area contributed by atoms with Crippen molar-refractivity contribution in [2.45, 2.75) is 155 Å². The predicted octanol–water partition coefficient (Wildman–Crippen LogP) is 15.0. The molecule has 6 aromatic heterocycles. The van der Waals surface area contributed by atoms with E-state index in [9.17, 15) is 57.5 Å². The van der Waals surface area contributed by atoms with Gasteiger partial charge in [0.15, 0.2) is 23.0 Å². The summed E-state index contributed by atoms with van der Waals surface area (Å²) in [5, 5.41) is 22.0. The van der Waals surface area contributed by atoms with Gasteiger partial charge in [-0.3, -0.25) is 84.9 Å². The van der Waals surface area contributed by atoms with Gasteiger partial charge in [-0.15, -0.1) is 0 Å². The van der Waals surface area contributed by atoms with E-state index in [0.717, 1.165) is 39.8 Å². The Labute approximate surface area is 827 Å². The molecule has 6 N–H and O–H groups in total. The highest BCUT2D eigenvalue weighted by atomic mass is 35.5. The third-order valence-corrected chi connectivity index (χ3v) is 24.9. The van der Waals surface area contributed by atoms with Crippen molar-refractivity contribution in [1.29, 1.82) is 0 Å². The smallest absolute Gasteiger partial charge is 0.262 e. The minimum absolute atomic E-state index is 0.139. The van der Waals surface area contributed by atoms with Crippen LogP contribution in [0.4, 0.5) is 0 Å². The number of fused-ring (bicyclic) bond motifs is 8. The minimum atomic E-state index is -1.78. The van der Waals surface area contributed by atoms with Crippen LogP contribution >= 0.6 is 46.4 Å². The molecule has 8 aromatic carbocycles. The summed E-state index contributed by atoms with van der Waals surface area (Å²) >= 11 is 24.1. The van der Waals surface area contributed by atoms with Crippen molar-refractivity contribution in [3.8, 4) is 23.0 Å². The van der Waals surface area contributed by atoms with Crippen LogP contribution in [0, 0.1) is 41.5 Å². The lowest BCUT2D eigenvalue weighted by atomic mass is 10.0. The maximum absolute atomic E-state index is 13.1. The number of methoxy groups -OCH3 is 4. The molecular weight excluding hydrogens is 1880 g/mol. The van der Waals surface area contributed by atoms with Crippen molar-refractivity contribution >= 4 is 169 Å². The van der Waals surface area contributed by atoms with Crippen molar-refractivity contribution in [3.63, 3.8) is 0 Å². The number of halogens is 4. The number of amides is 6. The Morgan fingerprint density at radius 3 is 0.714 bits per heavy atom. The van der Waals surface area contributed by atoms with Crippen molar-refractivity contribution in [2.24, 2.45) is 0 Å². The molecule has 6 amide bonds. The van der Waals surface area contributed by atoms with Crippen LogP contribution in [-0.4, -0.2) is 121 Å². The van der Waals surface area contributed by atoms with Crippen LogP contribution in [0.2, 0.25) is 20.1 Å². The number of piperidine rings is 6. The Kier molecular flexibility index (Phi) is 26.8. The highest BCUT2D eigenvalue weighted by molar-refractivity contribution is 6.39. The van der Waals surface area contributed by atoms with Gasteiger partial charge in [-0.1, -0.05) is 134 Å². The second-order valence-corrected chi connectivity index (χ2v) is 35.0. The fourth-order valence-corrected chi connectivity index (χ4v) is 18.2. The molecule has 0 saturated carbocycles. The zero-order valence-corrected chi connectivity index (χ0v) is 80.7. The van der Waals surface area contributed by atoms with Crippen molar-refractivity contribution in [2.75, 3.05) is 28.4 Å². The third-order valence-electron chi connectivity index (χ3n) is 23.9. The number of aryl methyl sites for hydroxylation is 6. The molecule has 14 aromatic rings. The lowest BCUT2D eigenvalue weighted by Crippen LogP contribution is -2.41. The number of ether oxygens (including phenoxy) is 4. The maximum atomic E-state index is 13.1. The van der Waals surface area contributed by atoms with E-state index in [2.05, 4.69) is 101 Å². The molecule has 34 nitrogen and oxygen atoms in total. The lowest BCUT2D eigenvalue weighted by Gasteiger charge is -2.26. The number of hydrogen-bond acceptors (Lipinski definition) is 22. The van der Waals surface area contributed by atoms with Crippen LogP contribution in [0.1, 0.15) is 156 Å². The Hall–Kier alpha value is -15.3. The van der Waals surface area contributed by atoms with Gasteiger partial charge in [0, 0.05) is 56.4 Å². The molecule has 0 bridgehead atoms. The largest absolute Gasteiger partial charge is 0.493 e. The van der Waals surface area contributed by atoms with Crippen LogP contribution in [-0.2, 0) is 28.8 Å². The Bertz CT molecular complexity index is 8020. The summed E-state index contributed by atoms with van der Waals surface area (Å²) < 4.78 is 79.3. The molecule has 0 unspecified atom stereocenters. The molecule has 720 valence electrons. The maximum Gasteiger partial charge on any atom is 0.262 e. The van der Waals surface area contributed by atoms with E-state index < -0.39 is 93.8 Å². The predicted molar refractivity (Wildman–Crippen MR) is 539 cm³/mol. The molecule has 20 rings (SSSR count). The number of hydrogen-bond donors (Lipinski definition) is 6. The zero-order chi connectivity index (χ0) is 106. The normalized spacial score (nSPS) is 21.9. The molecule has 38 heteroatoms. The van der Waals surface area contributed by atoms with Gasteiger partial charge in [0.2, 0.25) is 35.4 Å². The summed E-state index contributed by atoms with van der Waals surface area (Å²) in [7, 11) is 5.93. The topological polar surface area (TPSA) is 421 Å². The monoisotopic (exact) mass is 1980 g/mol. The number of carbonyl (C=O) groups is 6. The van der Waals surface area contributed by atoms with Gasteiger partial charge in [0.25, 0.3) is 33.4 Å². The first-order valence-corrected chi connectivity index (χ1v) is 45.3. The highest BCUT2D eigenvalue weighted by Gasteiger charge is 2.36. The number of carbonyl (C=O) groups excluding carboxylic acids is 6. The minimum Gasteiger partial charge on any atom is -0.493 e. The molecule has 6 saturated heterocycles. The van der Waals surface area contributed by atoms with Crippen molar-refractivity contribution in [3.05, 3.63) is 312 Å². The molecular formula is C102H98Cl4N18O16. The molecule has 6 atom stereocenters. The molecule has 12 heterocycles. The summed E-state index contributed by atoms with van der Waals surface area (Å²) in [6.07, 6.45) is 3.55. The summed E-state index contributed by atoms with van der Waals surface area (Å²) in [4.78, 5) is 179. The standard InChI is InChI=1S/2C19H17N3O2.2C17H19N3O4.2C15H13Cl2N3O2/c2*1-11-7-8-17(18(23)20-11)22-12(2)21-16-10-14-6-4-3-5-13(14)9-15(16)19(22)24;2*1-9-5-6-13(16(21)18-9)20-10(2)19-12-8-15(24-4)14(23-3)7-11(12)17(20)22;2*1-7-3-4-12(14(21)18-7)20-8(2)19-13-10(15(20)22)5-9(16)6-11(13)17/h2*3-6,9-10,17H,1,7-8H2,2H3,(H,20,23);2*7-8,13H,1,5-6H2,2-4H3,(H,18,21);2*5-6,12H,1,3-4H2,2H3,(H,18,21)/t2*17-;2*13-;2*12-/m101010/s1/i2*17D;2*13D;2*12D. The number of rotatable bonds is 10. The molecule has 0 aliphatic carbocycles. The Morgan fingerprint density at radius 2 is 0.486 bits per heavy atom. The van der Waals surface area contributed by atoms with Gasteiger partial charge < -0.3 is 50.8 Å². The van der Waals surface area contributed by atoms with Gasteiger partial charge in [-0.2, -0.15) is 0 Å². The van der Waals surface area contributed by atoms with Gasteiger partial charge in [-0.25, -0.2) is 29.9 Å². The van der Waals surface area contributed by atoms with E-state index in [-0.39, 0.29) is 115 Å². The fraction of sp³-hybridized carbons (Fsp3) is 0.275. The summed E-state index contributed by atoms with van der Waals surface area (Å²) in [5.74, 6) is -0.0684. The Morgan fingerprint density at radius 1 is 0.286 bits per heavy atom. The zero-order valence-electron chi connectivity index (χ0n) is 83.7. The van der Waals surface area contributed by atoms with E-state index in [1.165, 1.54) is 74.0 Å². The van der Waals surface area contributed by atoms with Gasteiger partial charge >= 0.3 is 0 Å². The van der Waals surface area contributed by atoms with Gasteiger partial charge in [0.05, 0.1) is 112 Å². The molecule has 6 fully saturated rings. The number of nitrogens with one attached hydrogen (secondary N) is 6. The van der Waals surface area contributed by atoms with E-state index in [4.69, 9.17) is 73.6 Å². The van der Waals surface area contributed by atoms with E-state index >= 15 is 0 Å². The quantitative estimate of drug-likeness (QED) is 0.0693. The van der Waals surface area contributed by atoms with Crippen LogP contribution in [0.5, 0.6) is 23.0 Å². The van der Waals surface area contributed by atoms with E-state index in [0.29, 0.717) is 151 Å². The van der Waals surface area contributed by atoms with Crippen molar-refractivity contribution < 1.29 is 55.9 Å². The average Bonchev–Trinajstić information content (AvgIpc) is 0.763. The first-order chi connectivity index (χ1) is 68.9. The van der Waals surface area contributed by atoms with Crippen LogP contribution in [0.25, 0.3) is 87.0 Å². The van der Waals surface area contributed by atoms with E-state index in [1.807, 2.05) is 60.7 Å². The SMILES string of the molecule is [2H][C@@]1(n2c(C)nc3c(Cl)cc(Cl)cc3c2=O)CCC(=C)NC1=O.[2H][C@@]1(n2c(C)nc3cc(OC)c(OC)cc3c2=O)CCC(=C)NC1=O.[2H][C@@]1(n2c(C)nc3cc4ccccc4cc3c2=O)CCC(=C)NC1=O.[2H][C@]1(n2c(C)nc3c(Cl)cc(Cl)cc3c2=O)CCC(=C)NC1=O.[2H][C@]1(n2c(C)nc3cc(OC)c(OC)cc3c2=O)CCC(=C)NC1=O.[2H][C@]1(n2c(C)nc3cc4ccccc4cc3c2=O)CCC(=C)NC1=O. The lowest BCUT2D eigenvalue weighted by molar-refractivity contribution is -0.125. The summed E-state index contributed by atoms with van der Waals surface area (Å²) in [6, 6.07) is 24.3. The van der Waals surface area contributed by atoms with Crippen LogP contribution in [0.3, 0.4) is 0 Å². The number of allylic oxidation sites excluding steroid dienone is 6. The van der Waals surface area contributed by atoms with E-state index in [1.54, 1.807) is 65.8 Å². The fourth-order valence-electron chi connectivity index (χ4n) is 17.1. The second-order valence-electron chi connectivity index (χ2n) is 33.3.